The summed E-state index contributed by atoms with van der Waals surface area (Å²) in [4.78, 5) is 20.4. The molecule has 1 aromatic heterocycles. The molecule has 1 fully saturated rings. The molecule has 156 valence electrons. The predicted molar refractivity (Wildman–Crippen MR) is 110 cm³/mol. The maximum Gasteiger partial charge on any atom is 0.329 e. The third-order valence-electron chi connectivity index (χ3n) is 5.44. The van der Waals surface area contributed by atoms with Crippen LogP contribution >= 0.6 is 11.6 Å². The second-order valence-electron chi connectivity index (χ2n) is 7.41. The summed E-state index contributed by atoms with van der Waals surface area (Å²) in [6.07, 6.45) is 5.18. The minimum Gasteiger partial charge on any atom is -0.378 e. The monoisotopic (exact) mass is 422 g/mol. The zero-order chi connectivity index (χ0) is 21.0. The van der Waals surface area contributed by atoms with Gasteiger partial charge in [0.05, 0.1) is 9.95 Å². The molecule has 0 saturated heterocycles. The maximum absolute atomic E-state index is 14.5. The van der Waals surface area contributed by atoms with Crippen molar-refractivity contribution in [3.63, 3.8) is 0 Å². The highest BCUT2D eigenvalue weighted by Crippen LogP contribution is 2.31. The summed E-state index contributed by atoms with van der Waals surface area (Å²) in [6.45, 7) is 1.45. The number of nitro groups is 1. The number of anilines is 2. The van der Waals surface area contributed by atoms with Crippen molar-refractivity contribution >= 4 is 29.1 Å². The largest absolute Gasteiger partial charge is 0.378 e. The molecule has 1 saturated carbocycles. The summed E-state index contributed by atoms with van der Waals surface area (Å²) in [7, 11) is 0. The van der Waals surface area contributed by atoms with Crippen LogP contribution in [0.3, 0.4) is 0 Å². The van der Waals surface area contributed by atoms with Gasteiger partial charge in [-0.15, -0.1) is 0 Å². The van der Waals surface area contributed by atoms with E-state index >= 15 is 0 Å². The average Bonchev–Trinajstić information content (AvgIpc) is 2.71. The van der Waals surface area contributed by atoms with E-state index in [2.05, 4.69) is 9.97 Å². The van der Waals surface area contributed by atoms with E-state index in [4.69, 9.17) is 23.1 Å². The van der Waals surface area contributed by atoms with E-state index in [0.717, 1.165) is 31.9 Å². The number of benzene rings is 1. The number of hydrogen-bond acceptors (Lipinski definition) is 7. The van der Waals surface area contributed by atoms with Crippen LogP contribution in [-0.4, -0.2) is 28.0 Å². The quantitative estimate of drug-likeness (QED) is 0.516. The number of hydrogen-bond donors (Lipinski definition) is 2. The molecule has 0 atom stereocenters. The minimum atomic E-state index is -0.631. The lowest BCUT2D eigenvalue weighted by molar-refractivity contribution is -0.384. The van der Waals surface area contributed by atoms with E-state index in [0.29, 0.717) is 30.5 Å². The van der Waals surface area contributed by atoms with Gasteiger partial charge in [0, 0.05) is 18.7 Å². The summed E-state index contributed by atoms with van der Waals surface area (Å²) in [6, 6.07) is 4.81. The van der Waals surface area contributed by atoms with Crippen molar-refractivity contribution in [1.82, 2.24) is 9.97 Å². The molecule has 0 aliphatic heterocycles. The van der Waals surface area contributed by atoms with E-state index < -0.39 is 10.7 Å². The number of aromatic nitrogens is 2. The minimum absolute atomic E-state index is 0.0371. The van der Waals surface area contributed by atoms with Crippen molar-refractivity contribution in [3.8, 4) is 0 Å². The van der Waals surface area contributed by atoms with E-state index in [1.807, 2.05) is 4.90 Å². The molecule has 29 heavy (non-hydrogen) atoms. The molecule has 8 nitrogen and oxygen atoms in total. The molecule has 1 heterocycles. The summed E-state index contributed by atoms with van der Waals surface area (Å²) in [5.74, 6) is 0.411. The number of rotatable bonds is 7. The van der Waals surface area contributed by atoms with E-state index in [1.54, 1.807) is 12.1 Å². The SMILES string of the molecule is NCC1CCC(CN(Cc2cccc(Cl)c2F)c2ncc([N+](=O)[O-])c(N)n2)CC1. The molecule has 0 amide bonds. The van der Waals surface area contributed by atoms with Crippen molar-refractivity contribution in [1.29, 1.82) is 0 Å². The third kappa shape index (κ3) is 5.10. The second-order valence-corrected chi connectivity index (χ2v) is 7.82. The summed E-state index contributed by atoms with van der Waals surface area (Å²) >= 11 is 5.92. The normalized spacial score (nSPS) is 19.1. The Balaban J connectivity index is 1.86. The van der Waals surface area contributed by atoms with Crippen LogP contribution in [0.2, 0.25) is 5.02 Å². The Kier molecular flexibility index (Phi) is 6.81. The number of nitrogen functional groups attached to an aromatic ring is 1. The fraction of sp³-hybridized carbons (Fsp3) is 0.474. The molecular weight excluding hydrogens is 399 g/mol. The van der Waals surface area contributed by atoms with E-state index in [-0.39, 0.29) is 29.0 Å². The van der Waals surface area contributed by atoms with Gasteiger partial charge in [-0.25, -0.2) is 9.37 Å². The summed E-state index contributed by atoms with van der Waals surface area (Å²) < 4.78 is 14.5. The highest BCUT2D eigenvalue weighted by Gasteiger charge is 2.25. The lowest BCUT2D eigenvalue weighted by Crippen LogP contribution is -2.34. The van der Waals surface area contributed by atoms with Crippen LogP contribution in [0, 0.1) is 27.8 Å². The number of nitrogens with two attached hydrogens (primary N) is 2. The predicted octanol–water partition coefficient (Wildman–Crippen LogP) is 3.53. The molecule has 1 aromatic carbocycles. The van der Waals surface area contributed by atoms with Gasteiger partial charge in [-0.05, 0) is 50.1 Å². The van der Waals surface area contributed by atoms with Crippen LogP contribution in [0.25, 0.3) is 0 Å². The van der Waals surface area contributed by atoms with Crippen molar-refractivity contribution in [2.75, 3.05) is 23.7 Å². The first-order chi connectivity index (χ1) is 13.9. The first-order valence-corrected chi connectivity index (χ1v) is 9.91. The number of nitrogens with zero attached hydrogens (tertiary/aromatic N) is 4. The number of halogens is 2. The van der Waals surface area contributed by atoms with Gasteiger partial charge in [0.15, 0.2) is 0 Å². The van der Waals surface area contributed by atoms with Crippen LogP contribution in [0.15, 0.2) is 24.4 Å². The lowest BCUT2D eigenvalue weighted by atomic mass is 9.82. The van der Waals surface area contributed by atoms with Gasteiger partial charge >= 0.3 is 5.69 Å². The molecule has 2 aromatic rings. The highest BCUT2D eigenvalue weighted by molar-refractivity contribution is 6.30. The van der Waals surface area contributed by atoms with Crippen molar-refractivity contribution in [3.05, 3.63) is 50.9 Å². The van der Waals surface area contributed by atoms with E-state index in [9.17, 15) is 14.5 Å². The van der Waals surface area contributed by atoms with Gasteiger partial charge in [0.25, 0.3) is 0 Å². The molecule has 1 aliphatic carbocycles. The zero-order valence-corrected chi connectivity index (χ0v) is 16.7. The standard InChI is InChI=1S/C19H24ClFN6O2/c20-15-3-1-2-14(17(15)21)11-26(10-13-6-4-12(8-22)5-7-13)19-24-9-16(27(28)29)18(23)25-19/h1-3,9,12-13H,4-8,10-11,22H2,(H2,23,24,25). The first-order valence-electron chi connectivity index (χ1n) is 9.53. The van der Waals surface area contributed by atoms with Crippen LogP contribution in [0.5, 0.6) is 0 Å². The van der Waals surface area contributed by atoms with Crippen LogP contribution in [-0.2, 0) is 6.54 Å². The Bertz CT molecular complexity index is 876. The lowest BCUT2D eigenvalue weighted by Gasteiger charge is -2.32. The molecule has 0 spiro atoms. The Labute approximate surface area is 173 Å². The molecule has 3 rings (SSSR count). The Hall–Kier alpha value is -2.52. The van der Waals surface area contributed by atoms with Gasteiger partial charge in [-0.1, -0.05) is 23.7 Å². The molecule has 0 unspecified atom stereocenters. The zero-order valence-electron chi connectivity index (χ0n) is 15.9. The molecule has 10 heteroatoms. The van der Waals surface area contributed by atoms with Gasteiger partial charge in [-0.3, -0.25) is 10.1 Å². The second kappa shape index (κ2) is 9.32. The molecule has 0 bridgehead atoms. The Morgan fingerprint density at radius 2 is 1.97 bits per heavy atom. The van der Waals surface area contributed by atoms with Crippen molar-refractivity contribution in [2.24, 2.45) is 17.6 Å². The van der Waals surface area contributed by atoms with Crippen LogP contribution in [0.1, 0.15) is 31.2 Å². The van der Waals surface area contributed by atoms with Gasteiger partial charge < -0.3 is 16.4 Å². The molecular formula is C19H24ClFN6O2. The highest BCUT2D eigenvalue weighted by atomic mass is 35.5. The van der Waals surface area contributed by atoms with Crippen LogP contribution in [0.4, 0.5) is 21.8 Å². The van der Waals surface area contributed by atoms with E-state index in [1.165, 1.54) is 6.07 Å². The topological polar surface area (TPSA) is 124 Å². The Morgan fingerprint density at radius 3 is 2.59 bits per heavy atom. The summed E-state index contributed by atoms with van der Waals surface area (Å²) in [5.41, 5.74) is 11.6. The summed E-state index contributed by atoms with van der Waals surface area (Å²) in [5, 5.41) is 11.0. The van der Waals surface area contributed by atoms with Gasteiger partial charge in [0.2, 0.25) is 11.8 Å². The smallest absolute Gasteiger partial charge is 0.329 e. The van der Waals surface area contributed by atoms with Crippen LogP contribution < -0.4 is 16.4 Å². The average molecular weight is 423 g/mol. The van der Waals surface area contributed by atoms with Crippen molar-refractivity contribution in [2.45, 2.75) is 32.2 Å². The third-order valence-corrected chi connectivity index (χ3v) is 5.73. The fourth-order valence-corrected chi connectivity index (χ4v) is 3.92. The first kappa shape index (κ1) is 21.2. The molecule has 0 radical (unpaired) electrons. The molecule has 1 aliphatic rings. The van der Waals surface area contributed by atoms with Gasteiger partial charge in [0.1, 0.15) is 12.0 Å². The van der Waals surface area contributed by atoms with Crippen molar-refractivity contribution < 1.29 is 9.31 Å². The molecule has 4 N–H and O–H groups in total. The fourth-order valence-electron chi connectivity index (χ4n) is 3.73. The maximum atomic E-state index is 14.5. The Morgan fingerprint density at radius 1 is 1.28 bits per heavy atom. The van der Waals surface area contributed by atoms with Gasteiger partial charge in [-0.2, -0.15) is 4.98 Å².